The number of azo groups is 2. The van der Waals surface area contributed by atoms with Crippen molar-refractivity contribution in [2.75, 3.05) is 49.2 Å². The number of hydrogen-bond donors (Lipinski definition) is 0. The van der Waals surface area contributed by atoms with E-state index in [9.17, 15) is 8.42 Å². The van der Waals surface area contributed by atoms with Gasteiger partial charge in [-0.3, -0.25) is 0 Å². The Morgan fingerprint density at radius 1 is 0.618 bits per heavy atom. The van der Waals surface area contributed by atoms with Crippen molar-refractivity contribution in [2.45, 2.75) is 40.5 Å². The van der Waals surface area contributed by atoms with Crippen molar-refractivity contribution in [3.05, 3.63) is 96.1 Å². The van der Waals surface area contributed by atoms with E-state index in [0.29, 0.717) is 25.9 Å². The lowest BCUT2D eigenvalue weighted by Crippen LogP contribution is -2.26. The lowest BCUT2D eigenvalue weighted by atomic mass is 10.1. The second-order valence-corrected chi connectivity index (χ2v) is 16.4. The molecule has 0 amide bonds. The van der Waals surface area contributed by atoms with Crippen LogP contribution < -0.4 is 18.9 Å². The maximum atomic E-state index is 12.5. The highest BCUT2D eigenvalue weighted by Crippen LogP contribution is 2.31. The number of aryl methyl sites for hydroxylation is 4. The fourth-order valence-corrected chi connectivity index (χ4v) is 8.90. The molecule has 6 aromatic rings. The first-order chi connectivity index (χ1) is 26.6. The predicted octanol–water partition coefficient (Wildman–Crippen LogP) is 9.62. The molecule has 2 aromatic heterocycles. The third-order valence-corrected chi connectivity index (χ3v) is 12.5. The van der Waals surface area contributed by atoms with Crippen molar-refractivity contribution in [1.29, 1.82) is 0 Å². The Morgan fingerprint density at radius 3 is 1.42 bits per heavy atom. The van der Waals surface area contributed by atoms with Gasteiger partial charge in [-0.15, -0.1) is 0 Å². The number of fused-ring (bicyclic) bond motifs is 2. The summed E-state index contributed by atoms with van der Waals surface area (Å²) in [5, 5.41) is 19.8. The topological polar surface area (TPSA) is 116 Å². The number of nitrogens with zero attached hydrogens (tertiary/aromatic N) is 8. The van der Waals surface area contributed by atoms with Crippen LogP contribution in [-0.4, -0.2) is 47.8 Å². The van der Waals surface area contributed by atoms with Crippen molar-refractivity contribution in [1.82, 2.24) is 0 Å². The molecular formula is C40H48N8O4S3+2. The average Bonchev–Trinajstić information content (AvgIpc) is 3.68. The number of para-hydroxylation sites is 2. The molecule has 4 aromatic carbocycles. The number of thiazole rings is 2. The van der Waals surface area contributed by atoms with E-state index in [1.807, 2.05) is 85.6 Å². The van der Waals surface area contributed by atoms with Crippen LogP contribution in [-0.2, 0) is 32.9 Å². The number of rotatable bonds is 18. The van der Waals surface area contributed by atoms with E-state index < -0.39 is 10.4 Å². The minimum Gasteiger partial charge on any atom is -0.372 e. The SMILES string of the molecule is CCN(CCCOS(=O)(=O)OCCCN(CC)c1ccc(/N=N/c2sc3ccccc3[n+]2C)c(C)c1)c1ccc(/N=N/c2sc3ccccc3[n+]2C)c(C)c1. The molecule has 0 bridgehead atoms. The van der Waals surface area contributed by atoms with Crippen LogP contribution in [0.1, 0.15) is 37.8 Å². The molecule has 0 aliphatic heterocycles. The quantitative estimate of drug-likeness (QED) is 0.0486. The van der Waals surface area contributed by atoms with E-state index >= 15 is 0 Å². The Balaban J connectivity index is 0.932. The molecule has 0 unspecified atom stereocenters. The molecule has 288 valence electrons. The standard InChI is InChI=1S/C40H48N8O4S3/c1-7-47(31-19-21-33(29(3)27-31)41-43-39-45(5)35-15-9-11-17-37(35)53-39)23-13-25-51-55(49,50)52-26-14-24-48(8-2)32-20-22-34(30(4)28-32)42-44-40-46(6)36-16-10-12-18-38(36)54-40/h9-12,15-22,27-28H,7-8,13-14,23-26H2,1-6H3/q+2. The first kappa shape index (κ1) is 40.0. The monoisotopic (exact) mass is 800 g/mol. The first-order valence-corrected chi connectivity index (χ1v) is 21.4. The number of aromatic nitrogens is 2. The normalized spacial score (nSPS) is 12.2. The molecule has 0 aliphatic carbocycles. The number of benzene rings is 4. The van der Waals surface area contributed by atoms with Crippen molar-refractivity contribution in [2.24, 2.45) is 34.6 Å². The van der Waals surface area contributed by atoms with Crippen LogP contribution in [0, 0.1) is 13.8 Å². The van der Waals surface area contributed by atoms with Gasteiger partial charge in [0.1, 0.15) is 22.4 Å². The average molecular weight is 801 g/mol. The molecule has 0 aliphatic rings. The predicted molar refractivity (Wildman–Crippen MR) is 223 cm³/mol. The zero-order chi connectivity index (χ0) is 39.0. The summed E-state index contributed by atoms with van der Waals surface area (Å²) in [6, 6.07) is 28.5. The zero-order valence-corrected chi connectivity index (χ0v) is 34.6. The summed E-state index contributed by atoms with van der Waals surface area (Å²) in [6.07, 6.45) is 1.03. The van der Waals surface area contributed by atoms with Crippen LogP contribution in [0.15, 0.2) is 105 Å². The van der Waals surface area contributed by atoms with Gasteiger partial charge in [-0.1, -0.05) is 24.3 Å². The lowest BCUT2D eigenvalue weighted by Gasteiger charge is -2.24. The number of hydrogen-bond acceptors (Lipinski definition) is 12. The summed E-state index contributed by atoms with van der Waals surface area (Å²) in [7, 11) is -0.119. The van der Waals surface area contributed by atoms with E-state index in [1.165, 1.54) is 9.40 Å². The Bertz CT molecular complexity index is 2260. The third kappa shape index (κ3) is 9.96. The molecule has 0 saturated carbocycles. The van der Waals surface area contributed by atoms with Gasteiger partial charge in [-0.2, -0.15) is 8.42 Å². The molecule has 0 radical (unpaired) electrons. The van der Waals surface area contributed by atoms with E-state index in [2.05, 4.69) is 80.5 Å². The highest BCUT2D eigenvalue weighted by atomic mass is 32.3. The van der Waals surface area contributed by atoms with Gasteiger partial charge in [0.05, 0.1) is 46.9 Å². The smallest absolute Gasteiger partial charge is 0.372 e. The van der Waals surface area contributed by atoms with Gasteiger partial charge < -0.3 is 9.80 Å². The summed E-state index contributed by atoms with van der Waals surface area (Å²) in [4.78, 5) is 4.36. The van der Waals surface area contributed by atoms with Crippen LogP contribution in [0.4, 0.5) is 33.0 Å². The van der Waals surface area contributed by atoms with Gasteiger partial charge in [0.2, 0.25) is 0 Å². The van der Waals surface area contributed by atoms with Gasteiger partial charge in [-0.25, -0.2) is 17.5 Å². The summed E-state index contributed by atoms with van der Waals surface area (Å²) in [6.45, 7) is 11.0. The van der Waals surface area contributed by atoms with Crippen LogP contribution in [0.2, 0.25) is 0 Å². The molecule has 0 atom stereocenters. The van der Waals surface area contributed by atoms with Gasteiger partial charge in [0, 0.05) is 37.6 Å². The van der Waals surface area contributed by atoms with Gasteiger partial charge in [0.15, 0.2) is 0 Å². The van der Waals surface area contributed by atoms with E-state index in [4.69, 9.17) is 8.37 Å². The Labute approximate surface area is 331 Å². The molecule has 6 rings (SSSR count). The van der Waals surface area contributed by atoms with Gasteiger partial charge in [0.25, 0.3) is 0 Å². The zero-order valence-electron chi connectivity index (χ0n) is 32.2. The highest BCUT2D eigenvalue weighted by molar-refractivity contribution is 7.81. The van der Waals surface area contributed by atoms with Crippen LogP contribution >= 0.6 is 22.7 Å². The molecule has 0 saturated heterocycles. The van der Waals surface area contributed by atoms with Gasteiger partial charge in [-0.05, 0) is 145 Å². The Morgan fingerprint density at radius 2 is 1.04 bits per heavy atom. The summed E-state index contributed by atoms with van der Waals surface area (Å²) in [5.41, 5.74) is 7.92. The second kappa shape index (κ2) is 18.3. The molecule has 0 spiro atoms. The molecule has 2 heterocycles. The van der Waals surface area contributed by atoms with Gasteiger partial charge >= 0.3 is 20.7 Å². The van der Waals surface area contributed by atoms with Crippen molar-refractivity contribution in [3.8, 4) is 0 Å². The summed E-state index contributed by atoms with van der Waals surface area (Å²) < 4.78 is 41.9. The largest absolute Gasteiger partial charge is 0.409 e. The fourth-order valence-electron chi connectivity index (χ4n) is 6.25. The fraction of sp³-hybridized carbons (Fsp3) is 0.350. The van der Waals surface area contributed by atoms with E-state index in [0.717, 1.165) is 68.3 Å². The molecule has 0 fully saturated rings. The minimum atomic E-state index is -4.11. The van der Waals surface area contributed by atoms with Crippen molar-refractivity contribution < 1.29 is 25.9 Å². The molecule has 12 nitrogen and oxygen atoms in total. The van der Waals surface area contributed by atoms with Crippen LogP contribution in [0.25, 0.3) is 20.4 Å². The third-order valence-electron chi connectivity index (χ3n) is 9.37. The van der Waals surface area contributed by atoms with Crippen molar-refractivity contribution in [3.63, 3.8) is 0 Å². The van der Waals surface area contributed by atoms with Crippen LogP contribution in [0.3, 0.4) is 0 Å². The summed E-state index contributed by atoms with van der Waals surface area (Å²) >= 11 is 3.21. The van der Waals surface area contributed by atoms with E-state index in [1.54, 1.807) is 22.7 Å². The van der Waals surface area contributed by atoms with Crippen LogP contribution in [0.5, 0.6) is 0 Å². The lowest BCUT2D eigenvalue weighted by molar-refractivity contribution is -0.628. The summed E-state index contributed by atoms with van der Waals surface area (Å²) in [5.74, 6) is 0. The molecule has 0 N–H and O–H groups in total. The van der Waals surface area contributed by atoms with Crippen molar-refractivity contribution >= 4 is 86.5 Å². The molecule has 55 heavy (non-hydrogen) atoms. The molecule has 15 heteroatoms. The second-order valence-electron chi connectivity index (χ2n) is 13.1. The Hall–Kier alpha value is -4.67. The minimum absolute atomic E-state index is 0.0293. The maximum Gasteiger partial charge on any atom is 0.409 e. The molecular weight excluding hydrogens is 753 g/mol. The Kier molecular flexibility index (Phi) is 13.3. The van der Waals surface area contributed by atoms with E-state index in [-0.39, 0.29) is 13.2 Å². The maximum absolute atomic E-state index is 12.5. The first-order valence-electron chi connectivity index (χ1n) is 18.4. The highest BCUT2D eigenvalue weighted by Gasteiger charge is 2.18. The number of anilines is 2.